The van der Waals surface area contributed by atoms with E-state index in [-0.39, 0.29) is 12.4 Å². The van der Waals surface area contributed by atoms with Gasteiger partial charge in [0, 0.05) is 25.0 Å². The van der Waals surface area contributed by atoms with Crippen LogP contribution in [0.3, 0.4) is 0 Å². The number of nitrogens with zero attached hydrogens (tertiary/aromatic N) is 1. The quantitative estimate of drug-likeness (QED) is 0.840. The molecule has 6 rings (SSSR count). The largest absolute Gasteiger partial charge is 0.342 e. The summed E-state index contributed by atoms with van der Waals surface area (Å²) >= 11 is 0. The number of rotatable bonds is 4. The molecule has 0 aromatic rings. The summed E-state index contributed by atoms with van der Waals surface area (Å²) in [7, 11) is 0. The molecule has 24 heavy (non-hydrogen) atoms. The average molecular weight is 353 g/mol. The smallest absolute Gasteiger partial charge is 0.226 e. The van der Waals surface area contributed by atoms with Gasteiger partial charge < -0.3 is 10.2 Å². The van der Waals surface area contributed by atoms with Gasteiger partial charge in [0.1, 0.15) is 0 Å². The minimum absolute atomic E-state index is 0. The highest BCUT2D eigenvalue weighted by molar-refractivity contribution is 5.85. The van der Waals surface area contributed by atoms with Crippen molar-refractivity contribution in [3.8, 4) is 0 Å². The lowest BCUT2D eigenvalue weighted by atomic mass is 9.51. The van der Waals surface area contributed by atoms with Crippen LogP contribution in [0.1, 0.15) is 57.8 Å². The minimum atomic E-state index is 0. The second kappa shape index (κ2) is 6.79. The van der Waals surface area contributed by atoms with Gasteiger partial charge in [0.2, 0.25) is 5.91 Å². The van der Waals surface area contributed by atoms with Gasteiger partial charge >= 0.3 is 0 Å². The molecular weight excluding hydrogens is 320 g/mol. The van der Waals surface area contributed by atoms with Crippen molar-refractivity contribution in [1.29, 1.82) is 0 Å². The number of carbonyl (C=O) groups is 1. The topological polar surface area (TPSA) is 32.3 Å². The fourth-order valence-electron chi connectivity index (χ4n) is 6.50. The zero-order valence-electron chi connectivity index (χ0n) is 14.8. The van der Waals surface area contributed by atoms with Crippen molar-refractivity contribution < 1.29 is 4.79 Å². The normalized spacial score (nSPS) is 41.3. The summed E-state index contributed by atoms with van der Waals surface area (Å²) in [5.41, 5.74) is 0. The number of likely N-dealkylation sites (tertiary alicyclic amines) is 1. The first-order chi connectivity index (χ1) is 11.3. The number of nitrogens with one attached hydrogen (secondary N) is 1. The van der Waals surface area contributed by atoms with Crippen LogP contribution in [0, 0.1) is 35.5 Å². The fourth-order valence-corrected chi connectivity index (χ4v) is 6.50. The van der Waals surface area contributed by atoms with E-state index in [1.807, 2.05) is 0 Å². The molecule has 6 fully saturated rings. The molecule has 0 aromatic heterocycles. The Hall–Kier alpha value is -0.280. The average Bonchev–Trinajstić information content (AvgIpc) is 3.36. The third-order valence-corrected chi connectivity index (χ3v) is 7.71. The molecule has 1 N–H and O–H groups in total. The number of hydrogen-bond acceptors (Lipinski definition) is 2. The second-order valence-electron chi connectivity index (χ2n) is 9.41. The van der Waals surface area contributed by atoms with Crippen molar-refractivity contribution in [2.75, 3.05) is 19.6 Å². The highest BCUT2D eigenvalue weighted by atomic mass is 35.5. The second-order valence-corrected chi connectivity index (χ2v) is 9.41. The van der Waals surface area contributed by atoms with Crippen LogP contribution >= 0.6 is 12.4 Å². The molecule has 0 radical (unpaired) electrons. The van der Waals surface area contributed by atoms with Crippen molar-refractivity contribution in [3.63, 3.8) is 0 Å². The number of halogens is 1. The van der Waals surface area contributed by atoms with Crippen molar-refractivity contribution in [3.05, 3.63) is 0 Å². The number of carbonyl (C=O) groups excluding carboxylic acids is 1. The first-order valence-electron chi connectivity index (χ1n) is 10.3. The van der Waals surface area contributed by atoms with E-state index >= 15 is 0 Å². The predicted molar refractivity (Wildman–Crippen MR) is 98.1 cm³/mol. The van der Waals surface area contributed by atoms with Crippen LogP contribution in [0.5, 0.6) is 0 Å². The highest BCUT2D eigenvalue weighted by Gasteiger charge is 2.51. The highest BCUT2D eigenvalue weighted by Crippen LogP contribution is 2.56. The summed E-state index contributed by atoms with van der Waals surface area (Å²) in [6.07, 6.45) is 12.1. The monoisotopic (exact) mass is 352 g/mol. The fraction of sp³-hybridized carbons (Fsp3) is 0.950. The predicted octanol–water partition coefficient (Wildman–Crippen LogP) is 3.47. The van der Waals surface area contributed by atoms with Crippen LogP contribution in [0.15, 0.2) is 0 Å². The summed E-state index contributed by atoms with van der Waals surface area (Å²) in [6, 6.07) is 0.665. The van der Waals surface area contributed by atoms with Gasteiger partial charge in [0.15, 0.2) is 0 Å². The molecular formula is C20H33ClN2O. The summed E-state index contributed by atoms with van der Waals surface area (Å²) < 4.78 is 0. The maximum atomic E-state index is 13.2. The Balaban J connectivity index is 0.00000146. The zero-order valence-corrected chi connectivity index (χ0v) is 15.6. The van der Waals surface area contributed by atoms with Gasteiger partial charge in [0.05, 0.1) is 0 Å². The van der Waals surface area contributed by atoms with Gasteiger partial charge in [-0.05, 0) is 93.9 Å². The lowest BCUT2D eigenvalue weighted by Gasteiger charge is -2.54. The van der Waals surface area contributed by atoms with Crippen LogP contribution in [0.25, 0.3) is 0 Å². The Morgan fingerprint density at radius 1 is 0.875 bits per heavy atom. The molecule has 136 valence electrons. The van der Waals surface area contributed by atoms with Crippen LogP contribution in [0.4, 0.5) is 0 Å². The van der Waals surface area contributed by atoms with E-state index in [1.54, 1.807) is 0 Å². The Morgan fingerprint density at radius 2 is 1.46 bits per heavy atom. The molecule has 1 saturated heterocycles. The van der Waals surface area contributed by atoms with Crippen molar-refractivity contribution in [2.24, 2.45) is 35.5 Å². The summed E-state index contributed by atoms with van der Waals surface area (Å²) in [5.74, 6) is 5.33. The molecule has 5 saturated carbocycles. The van der Waals surface area contributed by atoms with E-state index < -0.39 is 0 Å². The molecule has 1 aliphatic heterocycles. The molecule has 3 nitrogen and oxygen atoms in total. The number of amides is 1. The first kappa shape index (κ1) is 17.1. The minimum Gasteiger partial charge on any atom is -0.342 e. The third kappa shape index (κ3) is 3.23. The maximum Gasteiger partial charge on any atom is 0.226 e. The lowest BCUT2D eigenvalue weighted by Crippen LogP contribution is -2.54. The molecule has 0 aromatic carbocycles. The van der Waals surface area contributed by atoms with Gasteiger partial charge in [-0.15, -0.1) is 12.4 Å². The van der Waals surface area contributed by atoms with E-state index in [2.05, 4.69) is 10.2 Å². The van der Waals surface area contributed by atoms with Gasteiger partial charge in [0.25, 0.3) is 0 Å². The molecule has 0 atom stereocenters. The molecule has 6 aliphatic rings. The molecule has 0 unspecified atom stereocenters. The first-order valence-corrected chi connectivity index (χ1v) is 10.3. The van der Waals surface area contributed by atoms with Gasteiger partial charge in [-0.1, -0.05) is 0 Å². The maximum absolute atomic E-state index is 13.2. The number of piperidine rings is 1. The van der Waals surface area contributed by atoms with E-state index in [9.17, 15) is 4.79 Å². The van der Waals surface area contributed by atoms with E-state index in [0.29, 0.717) is 17.9 Å². The zero-order chi connectivity index (χ0) is 15.4. The molecule has 5 aliphatic carbocycles. The molecule has 1 heterocycles. The molecule has 4 heteroatoms. The summed E-state index contributed by atoms with van der Waals surface area (Å²) in [5, 5.41) is 3.74. The van der Waals surface area contributed by atoms with Crippen LogP contribution in [0.2, 0.25) is 0 Å². The summed E-state index contributed by atoms with van der Waals surface area (Å²) in [4.78, 5) is 15.4. The Morgan fingerprint density at radius 3 is 2.00 bits per heavy atom. The Kier molecular flexibility index (Phi) is 4.85. The Labute approximate surface area is 152 Å². The SMILES string of the molecule is Cl.O=C(C1C2CC3CC(C2)CC1C3)N1CCC(NCC2CC2)CC1. The summed E-state index contributed by atoms with van der Waals surface area (Å²) in [6.45, 7) is 3.22. The van der Waals surface area contributed by atoms with E-state index in [1.165, 1.54) is 64.3 Å². The van der Waals surface area contributed by atoms with E-state index in [0.717, 1.165) is 42.7 Å². The van der Waals surface area contributed by atoms with Crippen molar-refractivity contribution >= 4 is 18.3 Å². The van der Waals surface area contributed by atoms with Gasteiger partial charge in [-0.3, -0.25) is 4.79 Å². The van der Waals surface area contributed by atoms with Crippen molar-refractivity contribution in [1.82, 2.24) is 10.2 Å². The molecule has 0 spiro atoms. The molecule has 4 bridgehead atoms. The van der Waals surface area contributed by atoms with Gasteiger partial charge in [-0.25, -0.2) is 0 Å². The van der Waals surface area contributed by atoms with E-state index in [4.69, 9.17) is 0 Å². The van der Waals surface area contributed by atoms with Crippen LogP contribution in [-0.4, -0.2) is 36.5 Å². The third-order valence-electron chi connectivity index (χ3n) is 7.71. The number of hydrogen-bond donors (Lipinski definition) is 1. The lowest BCUT2D eigenvalue weighted by molar-refractivity contribution is -0.150. The standard InChI is InChI=1S/C20H32N2O.ClH/c23-20(19-16-8-14-7-15(10-16)11-17(19)9-14)22-5-3-18(4-6-22)21-12-13-1-2-13;/h13-19,21H,1-12H2;1H. The van der Waals surface area contributed by atoms with Gasteiger partial charge in [-0.2, -0.15) is 0 Å². The Bertz CT molecular complexity index is 442. The van der Waals surface area contributed by atoms with Crippen LogP contribution in [-0.2, 0) is 4.79 Å². The van der Waals surface area contributed by atoms with Crippen molar-refractivity contribution in [2.45, 2.75) is 63.8 Å². The van der Waals surface area contributed by atoms with Crippen LogP contribution < -0.4 is 5.32 Å². The molecule has 1 amide bonds.